The molecule has 8 aromatic carbocycles. The van der Waals surface area contributed by atoms with Gasteiger partial charge in [0.05, 0.1) is 11.0 Å². The summed E-state index contributed by atoms with van der Waals surface area (Å²) < 4.78 is 5.11. The number of thiophene rings is 1. The van der Waals surface area contributed by atoms with Crippen molar-refractivity contribution in [3.05, 3.63) is 193 Å². The molecule has 1 aliphatic carbocycles. The molecular weight excluding hydrogens is 673 g/mol. The number of para-hydroxylation sites is 2. The van der Waals surface area contributed by atoms with Crippen molar-refractivity contribution in [3.8, 4) is 27.9 Å². The van der Waals surface area contributed by atoms with Crippen LogP contribution in [-0.2, 0) is 5.41 Å². The normalized spacial score (nSPS) is 13.1. The average molecular weight is 709 g/mol. The van der Waals surface area contributed by atoms with E-state index in [1.54, 1.807) is 0 Å². The maximum Gasteiger partial charge on any atom is 0.0542 e. The molecular formula is C51H36N2S. The van der Waals surface area contributed by atoms with Gasteiger partial charge in [-0.1, -0.05) is 129 Å². The third kappa shape index (κ3) is 4.58. The Morgan fingerprint density at radius 2 is 1.09 bits per heavy atom. The SMILES string of the molecule is CC1(C)c2ccccc2-c2ccc(-n3c4ccccc4c4cc(N(c5ccccc5)c5ccc(-c6cccc7c6sc6ccccc67)cc5)ccc43)cc21. The summed E-state index contributed by atoms with van der Waals surface area (Å²) in [6.45, 7) is 4.71. The Hall–Kier alpha value is -6.42. The topological polar surface area (TPSA) is 8.17 Å². The van der Waals surface area contributed by atoms with Crippen LogP contribution in [0.3, 0.4) is 0 Å². The molecule has 256 valence electrons. The van der Waals surface area contributed by atoms with Gasteiger partial charge in [-0.3, -0.25) is 0 Å². The Labute approximate surface area is 318 Å². The predicted octanol–water partition coefficient (Wildman–Crippen LogP) is 14.6. The summed E-state index contributed by atoms with van der Waals surface area (Å²) in [5.41, 5.74) is 14.9. The second-order valence-electron chi connectivity index (χ2n) is 15.0. The Morgan fingerprint density at radius 1 is 0.444 bits per heavy atom. The van der Waals surface area contributed by atoms with Crippen molar-refractivity contribution in [2.45, 2.75) is 19.3 Å². The van der Waals surface area contributed by atoms with E-state index in [4.69, 9.17) is 0 Å². The summed E-state index contributed by atoms with van der Waals surface area (Å²) in [6, 6.07) is 67.0. The van der Waals surface area contributed by atoms with Gasteiger partial charge in [-0.2, -0.15) is 0 Å². The Balaban J connectivity index is 1.04. The van der Waals surface area contributed by atoms with Crippen LogP contribution in [-0.4, -0.2) is 4.57 Å². The average Bonchev–Trinajstić information content (AvgIpc) is 3.84. The molecule has 2 aromatic heterocycles. The second kappa shape index (κ2) is 11.8. The Morgan fingerprint density at radius 3 is 1.96 bits per heavy atom. The third-order valence-electron chi connectivity index (χ3n) is 11.6. The van der Waals surface area contributed by atoms with Gasteiger partial charge in [0.1, 0.15) is 0 Å². The van der Waals surface area contributed by atoms with Gasteiger partial charge in [-0.15, -0.1) is 11.3 Å². The summed E-state index contributed by atoms with van der Waals surface area (Å²) in [5, 5.41) is 5.13. The van der Waals surface area contributed by atoms with Crippen molar-refractivity contribution in [3.63, 3.8) is 0 Å². The number of nitrogens with zero attached hydrogens (tertiary/aromatic N) is 2. The van der Waals surface area contributed by atoms with E-state index in [1.807, 2.05) is 11.3 Å². The van der Waals surface area contributed by atoms with E-state index >= 15 is 0 Å². The van der Waals surface area contributed by atoms with Crippen LogP contribution in [0.2, 0.25) is 0 Å². The molecule has 0 saturated carbocycles. The van der Waals surface area contributed by atoms with Gasteiger partial charge in [-0.05, 0) is 100 Å². The molecule has 11 rings (SSSR count). The standard InChI is InChI=1S/C51H36N2S/c1-51(2)45-20-9-6-15-39(45)40-29-27-37(32-46(40)51)53-47-21-10-7-16-41(47)44-31-36(28-30-48(44)53)52(34-13-4-3-5-14-34)35-25-23-33(24-26-35)38-18-12-19-43-42-17-8-11-22-49(42)54-50(38)43/h3-32H,1-2H3. The molecule has 0 unspecified atom stereocenters. The maximum atomic E-state index is 2.45. The summed E-state index contributed by atoms with van der Waals surface area (Å²) in [5.74, 6) is 0. The zero-order valence-corrected chi connectivity index (χ0v) is 30.9. The van der Waals surface area contributed by atoms with Crippen molar-refractivity contribution in [2.24, 2.45) is 0 Å². The van der Waals surface area contributed by atoms with Gasteiger partial charge in [0, 0.05) is 59.1 Å². The highest BCUT2D eigenvalue weighted by atomic mass is 32.1. The van der Waals surface area contributed by atoms with Gasteiger partial charge in [-0.25, -0.2) is 0 Å². The fraction of sp³-hybridized carbons (Fsp3) is 0.0588. The lowest BCUT2D eigenvalue weighted by atomic mass is 9.82. The van der Waals surface area contributed by atoms with Gasteiger partial charge in [0.2, 0.25) is 0 Å². The van der Waals surface area contributed by atoms with E-state index < -0.39 is 0 Å². The van der Waals surface area contributed by atoms with Crippen LogP contribution >= 0.6 is 11.3 Å². The van der Waals surface area contributed by atoms with E-state index in [1.165, 1.54) is 81.0 Å². The minimum atomic E-state index is -0.0655. The van der Waals surface area contributed by atoms with Crippen LogP contribution < -0.4 is 4.90 Å². The molecule has 0 saturated heterocycles. The molecule has 0 fully saturated rings. The molecule has 0 N–H and O–H groups in total. The maximum absolute atomic E-state index is 2.45. The number of benzene rings is 8. The summed E-state index contributed by atoms with van der Waals surface area (Å²) in [4.78, 5) is 2.38. The predicted molar refractivity (Wildman–Crippen MR) is 231 cm³/mol. The smallest absolute Gasteiger partial charge is 0.0542 e. The molecule has 0 radical (unpaired) electrons. The van der Waals surface area contributed by atoms with Crippen LogP contribution in [0.25, 0.3) is 69.9 Å². The fourth-order valence-electron chi connectivity index (χ4n) is 9.00. The summed E-state index contributed by atoms with van der Waals surface area (Å²) >= 11 is 1.88. The number of hydrogen-bond acceptors (Lipinski definition) is 2. The van der Waals surface area contributed by atoms with Gasteiger partial charge in [0.15, 0.2) is 0 Å². The molecule has 0 spiro atoms. The van der Waals surface area contributed by atoms with Gasteiger partial charge < -0.3 is 9.47 Å². The van der Waals surface area contributed by atoms with E-state index in [9.17, 15) is 0 Å². The number of fused-ring (bicyclic) bond motifs is 9. The van der Waals surface area contributed by atoms with Crippen molar-refractivity contribution in [1.29, 1.82) is 0 Å². The van der Waals surface area contributed by atoms with Crippen LogP contribution in [0.5, 0.6) is 0 Å². The number of anilines is 3. The molecule has 10 aromatic rings. The minimum absolute atomic E-state index is 0.0655. The van der Waals surface area contributed by atoms with E-state index in [-0.39, 0.29) is 5.41 Å². The van der Waals surface area contributed by atoms with Crippen molar-refractivity contribution < 1.29 is 0 Å². The zero-order chi connectivity index (χ0) is 36.0. The largest absolute Gasteiger partial charge is 0.310 e. The molecule has 1 aliphatic rings. The first-order valence-electron chi connectivity index (χ1n) is 18.7. The lowest BCUT2D eigenvalue weighted by Gasteiger charge is -2.26. The van der Waals surface area contributed by atoms with Crippen molar-refractivity contribution in [1.82, 2.24) is 4.57 Å². The van der Waals surface area contributed by atoms with Crippen LogP contribution in [0.1, 0.15) is 25.0 Å². The van der Waals surface area contributed by atoms with E-state index in [0.717, 1.165) is 17.1 Å². The second-order valence-corrected chi connectivity index (χ2v) is 16.0. The van der Waals surface area contributed by atoms with E-state index in [2.05, 4.69) is 205 Å². The molecule has 2 heterocycles. The highest BCUT2D eigenvalue weighted by Gasteiger charge is 2.35. The molecule has 0 aliphatic heterocycles. The molecule has 54 heavy (non-hydrogen) atoms. The first-order chi connectivity index (χ1) is 26.5. The lowest BCUT2D eigenvalue weighted by Crippen LogP contribution is -2.15. The molecule has 0 atom stereocenters. The highest BCUT2D eigenvalue weighted by molar-refractivity contribution is 7.26. The van der Waals surface area contributed by atoms with Crippen LogP contribution in [0.15, 0.2) is 182 Å². The molecule has 3 heteroatoms. The minimum Gasteiger partial charge on any atom is -0.310 e. The molecule has 0 bridgehead atoms. The lowest BCUT2D eigenvalue weighted by molar-refractivity contribution is 0.660. The first kappa shape index (κ1) is 31.1. The Bertz CT molecular complexity index is 3070. The van der Waals surface area contributed by atoms with Crippen LogP contribution in [0, 0.1) is 0 Å². The van der Waals surface area contributed by atoms with Crippen LogP contribution in [0.4, 0.5) is 17.1 Å². The third-order valence-corrected chi connectivity index (χ3v) is 12.8. The number of aromatic nitrogens is 1. The van der Waals surface area contributed by atoms with E-state index in [0.29, 0.717) is 0 Å². The highest BCUT2D eigenvalue weighted by Crippen LogP contribution is 2.50. The van der Waals surface area contributed by atoms with Gasteiger partial charge >= 0.3 is 0 Å². The summed E-state index contributed by atoms with van der Waals surface area (Å²) in [7, 11) is 0. The first-order valence-corrected chi connectivity index (χ1v) is 19.5. The van der Waals surface area contributed by atoms with Crippen molar-refractivity contribution in [2.75, 3.05) is 4.90 Å². The monoisotopic (exact) mass is 708 g/mol. The molecule has 2 nitrogen and oxygen atoms in total. The quantitative estimate of drug-likeness (QED) is 0.173. The fourth-order valence-corrected chi connectivity index (χ4v) is 10.2. The number of rotatable bonds is 5. The zero-order valence-electron chi connectivity index (χ0n) is 30.1. The number of hydrogen-bond donors (Lipinski definition) is 0. The van der Waals surface area contributed by atoms with Crippen molar-refractivity contribution >= 4 is 70.4 Å². The molecule has 0 amide bonds. The van der Waals surface area contributed by atoms with Gasteiger partial charge in [0.25, 0.3) is 0 Å². The summed E-state index contributed by atoms with van der Waals surface area (Å²) in [6.07, 6.45) is 0. The Kier molecular flexibility index (Phi) is 6.80.